The zero-order valence-corrected chi connectivity index (χ0v) is 10.6. The number of fused-ring (bicyclic) bond motifs is 1. The number of aliphatic hydroxyl groups is 2. The first-order chi connectivity index (χ1) is 7.54. The molecule has 2 saturated heterocycles. The summed E-state index contributed by atoms with van der Waals surface area (Å²) in [5.74, 6) is 0. The van der Waals surface area contributed by atoms with Gasteiger partial charge in [0.2, 0.25) is 0 Å². The summed E-state index contributed by atoms with van der Waals surface area (Å²) in [5, 5.41) is 22.5. The molecule has 0 radical (unpaired) electrons. The first kappa shape index (κ1) is 12.5. The maximum absolute atomic E-state index is 13.9. The number of alkyl halides is 1. The van der Waals surface area contributed by atoms with E-state index in [4.69, 9.17) is 0 Å². The number of halogens is 1. The molecule has 2 fully saturated rings. The van der Waals surface area contributed by atoms with Gasteiger partial charge < -0.3 is 15.5 Å². The topological polar surface area (TPSA) is 64.9 Å². The molecule has 3 N–H and O–H groups in total. The number of nitrogens with zero attached hydrogens (tertiary/aromatic N) is 1. The number of amidine groups is 1. The van der Waals surface area contributed by atoms with Crippen molar-refractivity contribution in [3.8, 4) is 0 Å². The Morgan fingerprint density at radius 2 is 2.25 bits per heavy atom. The third kappa shape index (κ3) is 2.05. The lowest BCUT2D eigenvalue weighted by Gasteiger charge is -2.38. The third-order valence-electron chi connectivity index (χ3n) is 2.79. The second-order valence-corrected chi connectivity index (χ2v) is 6.71. The lowest BCUT2D eigenvalue weighted by Crippen LogP contribution is -2.55. The van der Waals surface area contributed by atoms with Gasteiger partial charge in [0.15, 0.2) is 5.17 Å². The zero-order valence-electron chi connectivity index (χ0n) is 9.00. The Labute approximate surface area is 102 Å². The molecule has 92 valence electrons. The Hall–Kier alpha value is 0.0200. The number of nitrogens with one attached hydrogen (secondary N) is 1. The van der Waals surface area contributed by atoms with Gasteiger partial charge in [-0.2, -0.15) is 0 Å². The molecule has 0 spiro atoms. The smallest absolute Gasteiger partial charge is 0.157 e. The van der Waals surface area contributed by atoms with E-state index in [1.54, 1.807) is 14.0 Å². The van der Waals surface area contributed by atoms with Crippen LogP contribution in [0.4, 0.5) is 4.39 Å². The van der Waals surface area contributed by atoms with E-state index < -0.39 is 29.7 Å². The molecule has 0 amide bonds. The van der Waals surface area contributed by atoms with Crippen molar-refractivity contribution in [3.05, 3.63) is 0 Å². The average Bonchev–Trinajstić information content (AvgIpc) is 2.66. The number of hydrogen-bond acceptors (Lipinski definition) is 5. The summed E-state index contributed by atoms with van der Waals surface area (Å²) in [6, 6.07) is -0.418. The molecule has 2 heterocycles. The summed E-state index contributed by atoms with van der Waals surface area (Å²) >= 11 is 2.88. The fourth-order valence-electron chi connectivity index (χ4n) is 1.92. The van der Waals surface area contributed by atoms with E-state index >= 15 is 0 Å². The van der Waals surface area contributed by atoms with Gasteiger partial charge in [-0.1, -0.05) is 11.8 Å². The summed E-state index contributed by atoms with van der Waals surface area (Å²) < 4.78 is 13.9. The van der Waals surface area contributed by atoms with Crippen LogP contribution >= 0.6 is 23.5 Å². The van der Waals surface area contributed by atoms with Gasteiger partial charge in [0, 0.05) is 7.05 Å². The van der Waals surface area contributed by atoms with Gasteiger partial charge in [0.1, 0.15) is 12.3 Å². The van der Waals surface area contributed by atoms with E-state index in [0.29, 0.717) is 5.17 Å². The minimum Gasteiger partial charge on any atom is -0.392 e. The molecule has 2 rings (SSSR count). The van der Waals surface area contributed by atoms with Crippen LogP contribution in [0.25, 0.3) is 0 Å². The molecule has 6 unspecified atom stereocenters. The predicted molar refractivity (Wildman–Crippen MR) is 65.6 cm³/mol. The van der Waals surface area contributed by atoms with Gasteiger partial charge in [-0.25, -0.2) is 4.39 Å². The Balaban J connectivity index is 2.15. The molecule has 7 heteroatoms. The fraction of sp³-hybridized carbons (Fsp3) is 0.889. The van der Waals surface area contributed by atoms with Crippen molar-refractivity contribution in [2.24, 2.45) is 4.99 Å². The maximum atomic E-state index is 13.9. The number of aliphatic hydroxyl groups excluding tert-OH is 2. The lowest BCUT2D eigenvalue weighted by molar-refractivity contribution is 0.0236. The van der Waals surface area contributed by atoms with Crippen molar-refractivity contribution < 1.29 is 14.6 Å². The van der Waals surface area contributed by atoms with Crippen molar-refractivity contribution in [1.82, 2.24) is 5.32 Å². The first-order valence-electron chi connectivity index (χ1n) is 5.10. The van der Waals surface area contributed by atoms with Gasteiger partial charge in [0.05, 0.1) is 22.0 Å². The maximum Gasteiger partial charge on any atom is 0.157 e. The van der Waals surface area contributed by atoms with Gasteiger partial charge in [-0.3, -0.25) is 4.99 Å². The van der Waals surface area contributed by atoms with E-state index in [1.807, 2.05) is 0 Å². The standard InChI is InChI=1S/C9H15FN2O2S2/c1-3(13)7-6(14)4(10)5-8(15-7)16-9(11-2)12-5/h3-8,13-14H,1-2H3,(H,11,12). The highest BCUT2D eigenvalue weighted by Gasteiger charge is 2.50. The summed E-state index contributed by atoms with van der Waals surface area (Å²) in [7, 11) is 1.65. The average molecular weight is 266 g/mol. The third-order valence-corrected chi connectivity index (χ3v) is 6.01. The molecular formula is C9H15FN2O2S2. The van der Waals surface area contributed by atoms with Crippen LogP contribution in [0.3, 0.4) is 0 Å². The molecule has 0 aromatic heterocycles. The van der Waals surface area contributed by atoms with Gasteiger partial charge in [0.25, 0.3) is 0 Å². The van der Waals surface area contributed by atoms with Crippen LogP contribution in [0.1, 0.15) is 6.92 Å². The van der Waals surface area contributed by atoms with Crippen molar-refractivity contribution in [2.75, 3.05) is 7.05 Å². The Bertz CT molecular complexity index is 303. The molecule has 0 aliphatic carbocycles. The van der Waals surface area contributed by atoms with Crippen molar-refractivity contribution >= 4 is 28.7 Å². The van der Waals surface area contributed by atoms with Crippen LogP contribution in [0.15, 0.2) is 4.99 Å². The molecule has 0 aromatic carbocycles. The number of thioether (sulfide) groups is 2. The molecule has 6 atom stereocenters. The Morgan fingerprint density at radius 3 is 2.81 bits per heavy atom. The Morgan fingerprint density at radius 1 is 1.56 bits per heavy atom. The highest BCUT2D eigenvalue weighted by Crippen LogP contribution is 2.44. The number of rotatable bonds is 1. The predicted octanol–water partition coefficient (Wildman–Crippen LogP) is 0.198. The number of aliphatic imine (C=N–C) groups is 1. The van der Waals surface area contributed by atoms with Crippen molar-refractivity contribution in [1.29, 1.82) is 0 Å². The minimum absolute atomic E-state index is 0.0308. The number of hydrogen-bond donors (Lipinski definition) is 3. The second-order valence-electron chi connectivity index (χ2n) is 3.96. The molecule has 0 bridgehead atoms. The summed E-state index contributed by atoms with van der Waals surface area (Å²) in [4.78, 5) is 3.99. The lowest BCUT2D eigenvalue weighted by atomic mass is 10.0. The summed E-state index contributed by atoms with van der Waals surface area (Å²) in [6.45, 7) is 1.58. The van der Waals surface area contributed by atoms with Crippen LogP contribution in [-0.4, -0.2) is 56.7 Å². The highest BCUT2D eigenvalue weighted by molar-refractivity contribution is 8.25. The molecule has 2 aliphatic heterocycles. The monoisotopic (exact) mass is 266 g/mol. The quantitative estimate of drug-likeness (QED) is 0.633. The molecule has 16 heavy (non-hydrogen) atoms. The molecular weight excluding hydrogens is 251 g/mol. The fourth-order valence-corrected chi connectivity index (χ4v) is 4.93. The Kier molecular flexibility index (Phi) is 3.68. The van der Waals surface area contributed by atoms with E-state index in [1.165, 1.54) is 23.5 Å². The van der Waals surface area contributed by atoms with Crippen LogP contribution in [0.2, 0.25) is 0 Å². The van der Waals surface area contributed by atoms with Crippen molar-refractivity contribution in [3.63, 3.8) is 0 Å². The summed E-state index contributed by atoms with van der Waals surface area (Å²) in [6.07, 6.45) is -3.21. The van der Waals surface area contributed by atoms with Crippen LogP contribution in [0, 0.1) is 0 Å². The second kappa shape index (κ2) is 4.72. The minimum atomic E-state index is -1.36. The molecule has 0 saturated carbocycles. The van der Waals surface area contributed by atoms with Crippen LogP contribution < -0.4 is 5.32 Å². The molecule has 0 aromatic rings. The van der Waals surface area contributed by atoms with E-state index in [0.717, 1.165) is 0 Å². The van der Waals surface area contributed by atoms with E-state index in [2.05, 4.69) is 10.3 Å². The zero-order chi connectivity index (χ0) is 11.9. The molecule has 4 nitrogen and oxygen atoms in total. The highest BCUT2D eigenvalue weighted by atomic mass is 32.2. The van der Waals surface area contributed by atoms with Crippen LogP contribution in [0.5, 0.6) is 0 Å². The van der Waals surface area contributed by atoms with Crippen LogP contribution in [-0.2, 0) is 0 Å². The van der Waals surface area contributed by atoms with E-state index in [-0.39, 0.29) is 4.58 Å². The van der Waals surface area contributed by atoms with E-state index in [9.17, 15) is 14.6 Å². The molecule has 2 aliphatic rings. The summed E-state index contributed by atoms with van der Waals surface area (Å²) in [5.41, 5.74) is 0. The van der Waals surface area contributed by atoms with Gasteiger partial charge in [-0.15, -0.1) is 11.8 Å². The van der Waals surface area contributed by atoms with Crippen molar-refractivity contribution in [2.45, 2.75) is 41.2 Å². The SMILES string of the molecule is CN=C1NC2C(S1)SC(C(C)O)C(O)C2F. The largest absolute Gasteiger partial charge is 0.392 e. The first-order valence-corrected chi connectivity index (χ1v) is 6.92. The van der Waals surface area contributed by atoms with Gasteiger partial charge in [-0.05, 0) is 6.92 Å². The normalized spacial score (nSPS) is 47.6. The van der Waals surface area contributed by atoms with Gasteiger partial charge >= 0.3 is 0 Å².